The predicted octanol–water partition coefficient (Wildman–Crippen LogP) is 5.27. The molecule has 0 amide bonds. The van der Waals surface area contributed by atoms with E-state index in [1.54, 1.807) is 9.15 Å². The molecule has 0 bridgehead atoms. The average Bonchev–Trinajstić information content (AvgIpc) is 3.19. The summed E-state index contributed by atoms with van der Waals surface area (Å²) in [5.74, 6) is 1.75. The van der Waals surface area contributed by atoms with E-state index in [4.69, 9.17) is 9.47 Å². The minimum absolute atomic E-state index is 0.0890. The number of allylic oxidation sites excluding steroid dienone is 2. The molecule has 0 aromatic heterocycles. The van der Waals surface area contributed by atoms with Crippen molar-refractivity contribution < 1.29 is 35.8 Å². The normalized spacial score (nSPS) is 16.9. The number of ether oxygens (including phenoxy) is 2. The van der Waals surface area contributed by atoms with Gasteiger partial charge in [0, 0.05) is 24.3 Å². The fourth-order valence-corrected chi connectivity index (χ4v) is 2.61. The summed E-state index contributed by atoms with van der Waals surface area (Å²) in [5.41, 5.74) is 1.46. The Labute approximate surface area is 186 Å². The van der Waals surface area contributed by atoms with Gasteiger partial charge < -0.3 is 18.6 Å². The van der Waals surface area contributed by atoms with Crippen molar-refractivity contribution in [3.05, 3.63) is 71.8 Å². The Bertz CT molecular complexity index is 766. The number of hydrogen-bond donors (Lipinski definition) is 0. The van der Waals surface area contributed by atoms with Crippen LogP contribution < -0.4 is 0 Å². The molecule has 0 aliphatic carbocycles. The van der Waals surface area contributed by atoms with Gasteiger partial charge in [0.25, 0.3) is 0 Å². The maximum atomic E-state index is 6.06. The zero-order chi connectivity index (χ0) is 21.3. The fourth-order valence-electron chi connectivity index (χ4n) is 2.61. The third-order valence-electron chi connectivity index (χ3n) is 4.22. The van der Waals surface area contributed by atoms with Crippen molar-refractivity contribution in [3.8, 4) is 0 Å². The van der Waals surface area contributed by atoms with Crippen molar-refractivity contribution in [1.29, 1.82) is 0 Å². The van der Waals surface area contributed by atoms with Gasteiger partial charge in [0.05, 0.1) is 23.9 Å². The quantitative estimate of drug-likeness (QED) is 0.292. The zero-order valence-electron chi connectivity index (χ0n) is 17.2. The van der Waals surface area contributed by atoms with Gasteiger partial charge in [-0.1, -0.05) is 41.5 Å². The standard InChI is InChI=1S/C22H27N2O2.BrH.Pd/c1-21(2,3)17-13-23(7)19(25-17)15-10-9-11-16(12-15)20-24(8)14-18(26-20)22(4,5)6;;/h9-11,13-14H,7-8H2,1-6H3;1H;/q-1;;+2/p-1. The van der Waals surface area contributed by atoms with Crippen LogP contribution in [-0.2, 0) is 26.7 Å². The molecule has 0 saturated carbocycles. The molecule has 6 heteroatoms. The van der Waals surface area contributed by atoms with Gasteiger partial charge in [0.1, 0.15) is 0 Å². The third-order valence-corrected chi connectivity index (χ3v) is 4.22. The summed E-state index contributed by atoms with van der Waals surface area (Å²) in [6.45, 7) is 20.8. The minimum atomic E-state index is -0.0890. The van der Waals surface area contributed by atoms with Crippen LogP contribution in [0.1, 0.15) is 52.7 Å². The molecule has 0 unspecified atom stereocenters. The van der Waals surface area contributed by atoms with E-state index in [2.05, 4.69) is 91.7 Å². The molecule has 0 spiro atoms. The van der Waals surface area contributed by atoms with E-state index >= 15 is 0 Å². The molecule has 4 nitrogen and oxygen atoms in total. The second-order valence-electron chi connectivity index (χ2n) is 8.72. The molecular weight excluding hydrogens is 511 g/mol. The average molecular weight is 538 g/mol. The number of hydrogen-bond acceptors (Lipinski definition) is 2. The SMILES string of the molecule is C=[N+]1C=C(C(C)(C)C)O[C-]1c1[c-]c([C-]2OC(C(C)(C)C)=C[N+]2=C)ccc1.[Br][Pd+]. The first kappa shape index (κ1) is 22.8. The molecule has 1 aromatic carbocycles. The first-order valence-electron chi connectivity index (χ1n) is 8.85. The molecule has 2 aliphatic heterocycles. The van der Waals surface area contributed by atoms with E-state index in [-0.39, 0.29) is 10.8 Å². The van der Waals surface area contributed by atoms with E-state index in [0.29, 0.717) is 12.5 Å². The number of nitrogens with zero attached hydrogens (tertiary/aromatic N) is 2. The molecule has 2 aliphatic rings. The third kappa shape index (κ3) is 4.92. The van der Waals surface area contributed by atoms with E-state index < -0.39 is 0 Å². The summed E-state index contributed by atoms with van der Waals surface area (Å²) in [4.78, 5) is 0. The first-order chi connectivity index (χ1) is 13.0. The Morgan fingerprint density at radius 1 is 0.857 bits per heavy atom. The predicted molar refractivity (Wildman–Crippen MR) is 111 cm³/mol. The van der Waals surface area contributed by atoms with Crippen LogP contribution in [0.5, 0.6) is 0 Å². The molecule has 28 heavy (non-hydrogen) atoms. The van der Waals surface area contributed by atoms with E-state index in [1.807, 2.05) is 30.6 Å². The molecule has 0 N–H and O–H groups in total. The summed E-state index contributed by atoms with van der Waals surface area (Å²) in [7, 11) is 0. The monoisotopic (exact) mass is 536 g/mol. The first-order valence-corrected chi connectivity index (χ1v) is 12.4. The van der Waals surface area contributed by atoms with Gasteiger partial charge in [-0.25, -0.2) is 6.07 Å². The van der Waals surface area contributed by atoms with Crippen molar-refractivity contribution in [2.24, 2.45) is 10.8 Å². The Morgan fingerprint density at radius 2 is 1.21 bits per heavy atom. The second kappa shape index (κ2) is 8.49. The number of halogens is 1. The molecule has 0 radical (unpaired) electrons. The van der Waals surface area contributed by atoms with Crippen LogP contribution in [-0.4, -0.2) is 22.6 Å². The second-order valence-corrected chi connectivity index (χ2v) is 8.72. The van der Waals surface area contributed by atoms with Crippen molar-refractivity contribution in [2.75, 3.05) is 0 Å². The van der Waals surface area contributed by atoms with Crippen LogP contribution in [0.3, 0.4) is 0 Å². The molecule has 3 rings (SSSR count). The summed E-state index contributed by atoms with van der Waals surface area (Å²) in [6, 6.07) is 9.25. The van der Waals surface area contributed by atoms with Crippen molar-refractivity contribution in [2.45, 2.75) is 41.5 Å². The van der Waals surface area contributed by atoms with Crippen LogP contribution in [0.15, 0.2) is 42.1 Å². The summed E-state index contributed by atoms with van der Waals surface area (Å²) in [6.07, 6.45) is 5.16. The van der Waals surface area contributed by atoms with E-state index in [0.717, 1.165) is 22.6 Å². The maximum absolute atomic E-state index is 6.06. The van der Waals surface area contributed by atoms with Gasteiger partial charge in [-0.15, -0.1) is 11.1 Å². The molecule has 0 fully saturated rings. The van der Waals surface area contributed by atoms with Crippen molar-refractivity contribution in [1.82, 2.24) is 0 Å². The molecule has 0 saturated heterocycles. The Kier molecular flexibility index (Phi) is 6.91. The molecule has 154 valence electrons. The van der Waals surface area contributed by atoms with Gasteiger partial charge in [0.15, 0.2) is 0 Å². The van der Waals surface area contributed by atoms with Gasteiger partial charge in [-0.2, -0.15) is 18.2 Å². The van der Waals surface area contributed by atoms with E-state index in [9.17, 15) is 0 Å². The Morgan fingerprint density at radius 3 is 1.50 bits per heavy atom. The molecule has 2 heterocycles. The van der Waals surface area contributed by atoms with Crippen LogP contribution in [0.25, 0.3) is 0 Å². The van der Waals surface area contributed by atoms with E-state index in [1.165, 1.54) is 0 Å². The zero-order valence-corrected chi connectivity index (χ0v) is 20.3. The molecule has 0 atom stereocenters. The van der Waals surface area contributed by atoms with Crippen molar-refractivity contribution in [3.63, 3.8) is 0 Å². The van der Waals surface area contributed by atoms with Crippen LogP contribution in [0, 0.1) is 29.4 Å². The molecular formula is C22H27BrN2O2Pd. The van der Waals surface area contributed by atoms with Crippen LogP contribution in [0.2, 0.25) is 0 Å². The summed E-state index contributed by atoms with van der Waals surface area (Å²) in [5, 5.41) is 0. The van der Waals surface area contributed by atoms with Crippen LogP contribution >= 0.6 is 13.4 Å². The summed E-state index contributed by atoms with van der Waals surface area (Å²) < 4.78 is 15.6. The van der Waals surface area contributed by atoms with Gasteiger partial charge in [-0.3, -0.25) is 0 Å². The topological polar surface area (TPSA) is 24.5 Å². The van der Waals surface area contributed by atoms with Crippen molar-refractivity contribution >= 4 is 26.9 Å². The number of benzene rings is 1. The fraction of sp³-hybridized carbons (Fsp3) is 0.364. The number of rotatable bonds is 2. The summed E-state index contributed by atoms with van der Waals surface area (Å²) >= 11 is 5.35. The molecule has 1 aromatic rings. The van der Waals surface area contributed by atoms with Gasteiger partial charge in [-0.05, 0) is 0 Å². The Balaban J connectivity index is 0.00000136. The van der Waals surface area contributed by atoms with Crippen LogP contribution in [0.4, 0.5) is 0 Å². The van der Waals surface area contributed by atoms with Gasteiger partial charge >= 0.3 is 30.6 Å². The van der Waals surface area contributed by atoms with Gasteiger partial charge in [0.2, 0.25) is 12.5 Å². The Hall–Kier alpha value is -1.48.